The third kappa shape index (κ3) is 7.27. The first-order valence-electron chi connectivity index (χ1n) is 10.3. The Kier molecular flexibility index (Phi) is 9.98. The van der Waals surface area contributed by atoms with Gasteiger partial charge in [0.25, 0.3) is 0 Å². The average molecular weight is 424 g/mol. The molecule has 172 valence electrons. The van der Waals surface area contributed by atoms with Crippen molar-refractivity contribution >= 4 is 17.8 Å². The highest BCUT2D eigenvalue weighted by molar-refractivity contribution is 5.91. The van der Waals surface area contributed by atoms with E-state index in [0.29, 0.717) is 0 Å². The van der Waals surface area contributed by atoms with E-state index >= 15 is 0 Å². The van der Waals surface area contributed by atoms with Crippen molar-refractivity contribution in [3.63, 3.8) is 0 Å². The molecule has 0 aromatic rings. The molecular weight excluding hydrogens is 382 g/mol. The van der Waals surface area contributed by atoms with Gasteiger partial charge in [0, 0.05) is 18.0 Å². The monoisotopic (exact) mass is 423 g/mol. The maximum absolute atomic E-state index is 13.4. The van der Waals surface area contributed by atoms with Crippen LogP contribution in [0.4, 0.5) is 0 Å². The van der Waals surface area contributed by atoms with Crippen LogP contribution in [0.25, 0.3) is 0 Å². The lowest BCUT2D eigenvalue weighted by Crippen LogP contribution is -2.60. The van der Waals surface area contributed by atoms with Gasteiger partial charge in [-0.25, -0.2) is 4.79 Å². The molecule has 0 radical (unpaired) electrons. The Balaban J connectivity index is 5.96. The zero-order chi connectivity index (χ0) is 24.0. The molecule has 2 amide bonds. The zero-order valence-electron chi connectivity index (χ0n) is 20.3. The molecular formula is C23H41N3O4. The summed E-state index contributed by atoms with van der Waals surface area (Å²) in [7, 11) is 3.34. The number of carbonyl (C=O) groups is 3. The third-order valence-electron chi connectivity index (χ3n) is 5.46. The van der Waals surface area contributed by atoms with Gasteiger partial charge in [0.1, 0.15) is 6.04 Å². The van der Waals surface area contributed by atoms with Crippen molar-refractivity contribution in [3.8, 4) is 0 Å². The Hall–Kier alpha value is -2.15. The summed E-state index contributed by atoms with van der Waals surface area (Å²) in [6.45, 7) is 18.6. The van der Waals surface area contributed by atoms with Gasteiger partial charge in [-0.1, -0.05) is 60.6 Å². The van der Waals surface area contributed by atoms with E-state index in [0.717, 1.165) is 0 Å². The summed E-state index contributed by atoms with van der Waals surface area (Å²) in [5.41, 5.74) is -0.893. The molecule has 0 aliphatic heterocycles. The van der Waals surface area contributed by atoms with E-state index in [1.54, 1.807) is 26.2 Å². The normalized spacial score (nSPS) is 15.9. The summed E-state index contributed by atoms with van der Waals surface area (Å²) in [5, 5.41) is 15.2. The Bertz CT molecular complexity index is 674. The van der Waals surface area contributed by atoms with Gasteiger partial charge in [-0.2, -0.15) is 0 Å². The molecule has 0 aliphatic rings. The predicted molar refractivity (Wildman–Crippen MR) is 121 cm³/mol. The minimum atomic E-state index is -1.02. The molecule has 0 saturated heterocycles. The maximum atomic E-state index is 13.4. The number of hydrogen-bond acceptors (Lipinski definition) is 4. The summed E-state index contributed by atoms with van der Waals surface area (Å²) in [6, 6.07) is -1.76. The van der Waals surface area contributed by atoms with Crippen LogP contribution in [0.3, 0.4) is 0 Å². The maximum Gasteiger partial charge on any atom is 0.331 e. The molecule has 0 heterocycles. The summed E-state index contributed by atoms with van der Waals surface area (Å²) >= 11 is 0. The van der Waals surface area contributed by atoms with Gasteiger partial charge in [-0.05, 0) is 25.3 Å². The molecule has 0 aromatic heterocycles. The molecule has 7 heteroatoms. The van der Waals surface area contributed by atoms with Crippen molar-refractivity contribution in [2.24, 2.45) is 16.7 Å². The summed E-state index contributed by atoms with van der Waals surface area (Å²) in [5.74, 6) is -1.59. The zero-order valence-corrected chi connectivity index (χ0v) is 20.3. The fourth-order valence-electron chi connectivity index (χ4n) is 3.26. The SMILES string of the molecule is C=CC(C)(C)C(NC)C(=O)N[C@H](C(=O)N(C)[C@H](C=C(C)C(=O)O)C(C)C)C(C)(C)C. The number of nitrogens with zero attached hydrogens (tertiary/aromatic N) is 1. The van der Waals surface area contributed by atoms with Gasteiger partial charge in [0.2, 0.25) is 11.8 Å². The lowest BCUT2D eigenvalue weighted by molar-refractivity contribution is -0.141. The van der Waals surface area contributed by atoms with E-state index in [1.165, 1.54) is 11.8 Å². The van der Waals surface area contributed by atoms with Crippen LogP contribution in [0, 0.1) is 16.7 Å². The number of amides is 2. The topological polar surface area (TPSA) is 98.7 Å². The average Bonchev–Trinajstić information content (AvgIpc) is 2.61. The first-order chi connectivity index (χ1) is 13.5. The summed E-state index contributed by atoms with van der Waals surface area (Å²) < 4.78 is 0. The van der Waals surface area contributed by atoms with Crippen molar-refractivity contribution in [2.45, 2.75) is 73.5 Å². The van der Waals surface area contributed by atoms with Gasteiger partial charge in [0.15, 0.2) is 0 Å². The van der Waals surface area contributed by atoms with Crippen LogP contribution in [0.5, 0.6) is 0 Å². The highest BCUT2D eigenvalue weighted by atomic mass is 16.4. The minimum absolute atomic E-state index is 0.00525. The van der Waals surface area contributed by atoms with Crippen molar-refractivity contribution in [3.05, 3.63) is 24.3 Å². The molecule has 0 saturated carbocycles. The molecule has 0 rings (SSSR count). The van der Waals surface area contributed by atoms with Crippen molar-refractivity contribution in [1.82, 2.24) is 15.5 Å². The van der Waals surface area contributed by atoms with Gasteiger partial charge >= 0.3 is 5.97 Å². The van der Waals surface area contributed by atoms with Crippen LogP contribution in [0.15, 0.2) is 24.3 Å². The number of likely N-dealkylation sites (N-methyl/N-ethyl adjacent to an activating group) is 2. The van der Waals surface area contributed by atoms with Crippen LogP contribution in [-0.2, 0) is 14.4 Å². The van der Waals surface area contributed by atoms with Crippen LogP contribution in [0.1, 0.15) is 55.4 Å². The largest absolute Gasteiger partial charge is 0.478 e. The van der Waals surface area contributed by atoms with E-state index in [4.69, 9.17) is 0 Å². The fraction of sp³-hybridized carbons (Fsp3) is 0.696. The summed E-state index contributed by atoms with van der Waals surface area (Å²) in [6.07, 6.45) is 3.30. The number of aliphatic carboxylic acids is 1. The van der Waals surface area contributed by atoms with Gasteiger partial charge in [-0.3, -0.25) is 9.59 Å². The van der Waals surface area contributed by atoms with E-state index in [-0.39, 0.29) is 23.3 Å². The molecule has 0 spiro atoms. The van der Waals surface area contributed by atoms with E-state index in [9.17, 15) is 19.5 Å². The van der Waals surface area contributed by atoms with Crippen LogP contribution >= 0.6 is 0 Å². The van der Waals surface area contributed by atoms with Gasteiger partial charge < -0.3 is 20.6 Å². The third-order valence-corrected chi connectivity index (χ3v) is 5.46. The highest BCUT2D eigenvalue weighted by Crippen LogP contribution is 2.26. The lowest BCUT2D eigenvalue weighted by Gasteiger charge is -2.39. The molecule has 0 aromatic carbocycles. The standard InChI is InChI=1S/C23H41N3O4/c1-12-23(8,9)17(24-10)19(27)25-18(22(5,6)7)20(28)26(11)16(14(2)3)13-15(4)21(29)30/h12-14,16-18,24H,1H2,2-11H3,(H,25,27)(H,29,30)/t16-,17?,18-/m1/s1. The minimum Gasteiger partial charge on any atom is -0.478 e. The van der Waals surface area contributed by atoms with Crippen molar-refractivity contribution in [1.29, 1.82) is 0 Å². The first-order valence-corrected chi connectivity index (χ1v) is 10.3. The van der Waals surface area contributed by atoms with Crippen LogP contribution < -0.4 is 10.6 Å². The second-order valence-electron chi connectivity index (χ2n) is 9.89. The second-order valence-corrected chi connectivity index (χ2v) is 9.89. The van der Waals surface area contributed by atoms with Crippen molar-refractivity contribution in [2.75, 3.05) is 14.1 Å². The van der Waals surface area contributed by atoms with Gasteiger partial charge in [-0.15, -0.1) is 6.58 Å². The molecule has 0 aliphatic carbocycles. The molecule has 0 bridgehead atoms. The Morgan fingerprint density at radius 2 is 1.57 bits per heavy atom. The molecule has 0 fully saturated rings. The Morgan fingerprint density at radius 1 is 1.07 bits per heavy atom. The molecule has 7 nitrogen and oxygen atoms in total. The number of carboxylic acids is 1. The fourth-order valence-corrected chi connectivity index (χ4v) is 3.26. The number of rotatable bonds is 10. The Morgan fingerprint density at radius 3 is 1.90 bits per heavy atom. The van der Waals surface area contributed by atoms with E-state index in [1.807, 2.05) is 48.5 Å². The smallest absolute Gasteiger partial charge is 0.331 e. The van der Waals surface area contributed by atoms with Crippen LogP contribution in [0.2, 0.25) is 0 Å². The highest BCUT2D eigenvalue weighted by Gasteiger charge is 2.40. The number of carboxylic acid groups (broad SMARTS) is 1. The molecule has 30 heavy (non-hydrogen) atoms. The van der Waals surface area contributed by atoms with Gasteiger partial charge in [0.05, 0.1) is 12.1 Å². The number of hydrogen-bond donors (Lipinski definition) is 3. The van der Waals surface area contributed by atoms with Crippen molar-refractivity contribution < 1.29 is 19.5 Å². The molecule has 1 unspecified atom stereocenters. The lowest BCUT2D eigenvalue weighted by atomic mass is 9.82. The first kappa shape index (κ1) is 27.8. The number of carbonyl (C=O) groups excluding carboxylic acids is 2. The Labute approximate surface area is 182 Å². The summed E-state index contributed by atoms with van der Waals surface area (Å²) in [4.78, 5) is 39.3. The predicted octanol–water partition coefficient (Wildman–Crippen LogP) is 2.83. The second kappa shape index (κ2) is 10.8. The molecule has 3 N–H and O–H groups in total. The quantitative estimate of drug-likeness (QED) is 0.371. The number of nitrogens with one attached hydrogen (secondary N) is 2. The van der Waals surface area contributed by atoms with Crippen LogP contribution in [-0.4, -0.2) is 60.0 Å². The van der Waals surface area contributed by atoms with E-state index < -0.39 is 34.9 Å². The van der Waals surface area contributed by atoms with E-state index in [2.05, 4.69) is 17.2 Å². The molecule has 3 atom stereocenters.